The van der Waals surface area contributed by atoms with Crippen LogP contribution in [0.2, 0.25) is 0 Å². The van der Waals surface area contributed by atoms with E-state index in [0.29, 0.717) is 18.0 Å². The molecular weight excluding hydrogens is 316 g/mol. The Balaban J connectivity index is 0.00000484. The van der Waals surface area contributed by atoms with Crippen LogP contribution >= 0.6 is 12.4 Å². The minimum Gasteiger partial charge on any atom is -0.493 e. The third-order valence-electron chi connectivity index (χ3n) is 4.48. The molecule has 1 aromatic carbocycles. The van der Waals surface area contributed by atoms with E-state index in [0.717, 1.165) is 18.4 Å². The highest BCUT2D eigenvalue weighted by molar-refractivity contribution is 5.85. The molecule has 3 N–H and O–H groups in total. The van der Waals surface area contributed by atoms with Crippen LogP contribution in [-0.4, -0.2) is 26.7 Å². The van der Waals surface area contributed by atoms with E-state index in [1.54, 1.807) is 14.2 Å². The zero-order valence-electron chi connectivity index (χ0n) is 14.6. The highest BCUT2D eigenvalue weighted by atomic mass is 35.5. The van der Waals surface area contributed by atoms with Gasteiger partial charge >= 0.3 is 0 Å². The molecule has 0 heterocycles. The molecule has 0 radical (unpaired) electrons. The summed E-state index contributed by atoms with van der Waals surface area (Å²) in [7, 11) is 3.19. The molecule has 5 nitrogen and oxygen atoms in total. The van der Waals surface area contributed by atoms with Gasteiger partial charge in [0.2, 0.25) is 5.91 Å². The smallest absolute Gasteiger partial charge is 0.227 e. The molecule has 0 aromatic heterocycles. The first-order valence-electron chi connectivity index (χ1n) is 7.70. The Labute approximate surface area is 145 Å². The van der Waals surface area contributed by atoms with Crippen molar-refractivity contribution in [3.63, 3.8) is 0 Å². The number of methoxy groups -OCH3 is 2. The van der Waals surface area contributed by atoms with Gasteiger partial charge in [0.05, 0.1) is 25.7 Å². The molecule has 132 valence electrons. The molecule has 1 amide bonds. The molecule has 1 aromatic rings. The van der Waals surface area contributed by atoms with Crippen molar-refractivity contribution in [1.29, 1.82) is 0 Å². The van der Waals surface area contributed by atoms with Gasteiger partial charge in [0.25, 0.3) is 0 Å². The lowest BCUT2D eigenvalue weighted by Gasteiger charge is -2.30. The molecule has 0 aliphatic carbocycles. The Morgan fingerprint density at radius 3 is 2.22 bits per heavy atom. The summed E-state index contributed by atoms with van der Waals surface area (Å²) in [5.74, 6) is 1.32. The molecule has 23 heavy (non-hydrogen) atoms. The molecule has 1 rings (SSSR count). The van der Waals surface area contributed by atoms with Crippen molar-refractivity contribution in [1.82, 2.24) is 5.32 Å². The highest BCUT2D eigenvalue weighted by Crippen LogP contribution is 2.31. The van der Waals surface area contributed by atoms with Crippen molar-refractivity contribution in [2.24, 2.45) is 11.1 Å². The van der Waals surface area contributed by atoms with Gasteiger partial charge in [-0.3, -0.25) is 4.79 Å². The minimum atomic E-state index is -0.495. The van der Waals surface area contributed by atoms with E-state index in [1.807, 2.05) is 39.0 Å². The van der Waals surface area contributed by atoms with E-state index in [-0.39, 0.29) is 24.4 Å². The zero-order chi connectivity index (χ0) is 16.8. The average molecular weight is 345 g/mol. The van der Waals surface area contributed by atoms with Crippen molar-refractivity contribution < 1.29 is 14.3 Å². The van der Waals surface area contributed by atoms with Crippen molar-refractivity contribution >= 4 is 18.3 Å². The largest absolute Gasteiger partial charge is 0.493 e. The van der Waals surface area contributed by atoms with Crippen LogP contribution in [-0.2, 0) is 4.79 Å². The molecule has 0 aliphatic rings. The summed E-state index contributed by atoms with van der Waals surface area (Å²) in [5, 5.41) is 3.06. The Morgan fingerprint density at radius 2 is 1.78 bits per heavy atom. The molecule has 0 spiro atoms. The summed E-state index contributed by atoms with van der Waals surface area (Å²) in [6.07, 6.45) is 1.45. The summed E-state index contributed by atoms with van der Waals surface area (Å²) < 4.78 is 10.5. The van der Waals surface area contributed by atoms with Gasteiger partial charge < -0.3 is 20.5 Å². The maximum atomic E-state index is 12.6. The van der Waals surface area contributed by atoms with Gasteiger partial charge in [0.1, 0.15) is 0 Å². The van der Waals surface area contributed by atoms with E-state index in [1.165, 1.54) is 0 Å². The topological polar surface area (TPSA) is 73.6 Å². The van der Waals surface area contributed by atoms with Crippen LogP contribution in [0.4, 0.5) is 0 Å². The quantitative estimate of drug-likeness (QED) is 0.760. The number of carbonyl (C=O) groups is 1. The van der Waals surface area contributed by atoms with E-state index < -0.39 is 5.41 Å². The number of benzene rings is 1. The monoisotopic (exact) mass is 344 g/mol. The summed E-state index contributed by atoms with van der Waals surface area (Å²) in [4.78, 5) is 12.6. The van der Waals surface area contributed by atoms with Gasteiger partial charge in [-0.2, -0.15) is 0 Å². The van der Waals surface area contributed by atoms with Crippen LogP contribution in [0.5, 0.6) is 11.5 Å². The van der Waals surface area contributed by atoms with Crippen molar-refractivity contribution in [2.75, 3.05) is 20.8 Å². The number of carbonyl (C=O) groups excluding carboxylic acids is 1. The average Bonchev–Trinajstić information content (AvgIpc) is 2.56. The number of nitrogens with one attached hydrogen (secondary N) is 1. The molecule has 1 atom stereocenters. The second-order valence-electron chi connectivity index (χ2n) is 5.50. The fourth-order valence-corrected chi connectivity index (χ4v) is 2.51. The molecule has 0 fully saturated rings. The van der Waals surface area contributed by atoms with E-state index in [9.17, 15) is 4.79 Å². The molecular formula is C17H29ClN2O3. The van der Waals surface area contributed by atoms with Crippen molar-refractivity contribution in [3.05, 3.63) is 23.8 Å². The lowest BCUT2D eigenvalue weighted by molar-refractivity contribution is -0.131. The SMILES string of the molecule is CCC(CC)(CN)C(=O)NC(C)c1ccc(OC)c(OC)c1.Cl. The fraction of sp³-hybridized carbons (Fsp3) is 0.588. The Kier molecular flexibility index (Phi) is 9.02. The van der Waals surface area contributed by atoms with Gasteiger partial charge in [-0.25, -0.2) is 0 Å². The third-order valence-corrected chi connectivity index (χ3v) is 4.48. The molecule has 0 aliphatic heterocycles. The summed E-state index contributed by atoms with van der Waals surface area (Å²) >= 11 is 0. The number of rotatable bonds is 8. The third kappa shape index (κ3) is 4.75. The maximum absolute atomic E-state index is 12.6. The van der Waals surface area contributed by atoms with Crippen LogP contribution < -0.4 is 20.5 Å². The molecule has 1 unspecified atom stereocenters. The second kappa shape index (κ2) is 9.63. The zero-order valence-corrected chi connectivity index (χ0v) is 15.5. The van der Waals surface area contributed by atoms with E-state index >= 15 is 0 Å². The van der Waals surface area contributed by atoms with Gasteiger partial charge in [0.15, 0.2) is 11.5 Å². The number of hydrogen-bond acceptors (Lipinski definition) is 4. The fourth-order valence-electron chi connectivity index (χ4n) is 2.51. The van der Waals surface area contributed by atoms with Gasteiger partial charge in [-0.1, -0.05) is 19.9 Å². The number of halogens is 1. The van der Waals surface area contributed by atoms with Crippen LogP contribution in [0, 0.1) is 5.41 Å². The van der Waals surface area contributed by atoms with Gasteiger partial charge in [-0.05, 0) is 37.5 Å². The molecule has 0 saturated carbocycles. The predicted octanol–water partition coefficient (Wildman–Crippen LogP) is 3.07. The summed E-state index contributed by atoms with van der Waals surface area (Å²) in [6.45, 7) is 6.30. The Morgan fingerprint density at radius 1 is 1.22 bits per heavy atom. The molecule has 6 heteroatoms. The van der Waals surface area contributed by atoms with Crippen molar-refractivity contribution in [2.45, 2.75) is 39.7 Å². The number of amides is 1. The first-order valence-corrected chi connectivity index (χ1v) is 7.70. The van der Waals surface area contributed by atoms with Gasteiger partial charge in [0, 0.05) is 6.54 Å². The van der Waals surface area contributed by atoms with Crippen molar-refractivity contribution in [3.8, 4) is 11.5 Å². The number of nitrogens with two attached hydrogens (primary N) is 1. The second-order valence-corrected chi connectivity index (χ2v) is 5.50. The lowest BCUT2D eigenvalue weighted by Crippen LogP contribution is -2.46. The maximum Gasteiger partial charge on any atom is 0.227 e. The highest BCUT2D eigenvalue weighted by Gasteiger charge is 2.34. The first-order chi connectivity index (χ1) is 10.5. The van der Waals surface area contributed by atoms with Crippen LogP contribution in [0.15, 0.2) is 18.2 Å². The summed E-state index contributed by atoms with van der Waals surface area (Å²) in [5.41, 5.74) is 6.30. The normalized spacial score (nSPS) is 12.1. The Hall–Kier alpha value is -1.46. The lowest BCUT2D eigenvalue weighted by atomic mass is 9.81. The number of ether oxygens (including phenoxy) is 2. The Bertz CT molecular complexity index is 496. The summed E-state index contributed by atoms with van der Waals surface area (Å²) in [6, 6.07) is 5.52. The minimum absolute atomic E-state index is 0. The van der Waals surface area contributed by atoms with Gasteiger partial charge in [-0.15, -0.1) is 12.4 Å². The molecule has 0 bridgehead atoms. The van der Waals surface area contributed by atoms with Crippen LogP contribution in [0.1, 0.15) is 45.2 Å². The molecule has 0 saturated heterocycles. The van der Waals surface area contributed by atoms with Crippen LogP contribution in [0.25, 0.3) is 0 Å². The van der Waals surface area contributed by atoms with Crippen LogP contribution in [0.3, 0.4) is 0 Å². The first kappa shape index (κ1) is 21.5. The predicted molar refractivity (Wildman–Crippen MR) is 95.4 cm³/mol. The number of hydrogen-bond donors (Lipinski definition) is 2. The van der Waals surface area contributed by atoms with E-state index in [4.69, 9.17) is 15.2 Å². The van der Waals surface area contributed by atoms with E-state index in [2.05, 4.69) is 5.32 Å². The standard InChI is InChI=1S/C17H28N2O3.ClH/c1-6-17(7-2,11-18)16(20)19-12(3)13-8-9-14(21-4)15(10-13)22-5;/h8-10,12H,6-7,11,18H2,1-5H3,(H,19,20);1H.